The number of nitrogens with zero attached hydrogens (tertiary/aromatic N) is 1. The Morgan fingerprint density at radius 2 is 1.80 bits per heavy atom. The van der Waals surface area contributed by atoms with Crippen molar-refractivity contribution in [1.82, 2.24) is 5.32 Å². The molecule has 0 aromatic heterocycles. The van der Waals surface area contributed by atoms with Crippen molar-refractivity contribution in [2.75, 3.05) is 5.75 Å². The molecule has 1 amide bonds. The fourth-order valence-electron chi connectivity index (χ4n) is 3.56. The number of benzene rings is 2. The molecule has 6 nitrogen and oxygen atoms in total. The Labute approximate surface area is 178 Å². The number of nitrogens with one attached hydrogen (secondary N) is 1. The molecule has 1 aliphatic heterocycles. The van der Waals surface area contributed by atoms with E-state index in [0.29, 0.717) is 6.42 Å². The lowest BCUT2D eigenvalue weighted by molar-refractivity contribution is -0.127. The second-order valence-electron chi connectivity index (χ2n) is 8.02. The first-order chi connectivity index (χ1) is 14.1. The van der Waals surface area contributed by atoms with Crippen molar-refractivity contribution in [3.8, 4) is 0 Å². The molecule has 0 saturated carbocycles. The molecule has 0 fully saturated rings. The summed E-state index contributed by atoms with van der Waals surface area (Å²) in [6, 6.07) is 12.0. The van der Waals surface area contributed by atoms with Crippen molar-refractivity contribution in [2.45, 2.75) is 51.2 Å². The van der Waals surface area contributed by atoms with E-state index in [1.54, 1.807) is 12.1 Å². The van der Waals surface area contributed by atoms with Gasteiger partial charge in [0.1, 0.15) is 0 Å². The van der Waals surface area contributed by atoms with Crippen LogP contribution in [0.25, 0.3) is 0 Å². The number of sulfone groups is 1. The first-order valence-corrected chi connectivity index (χ1v) is 11.7. The maximum atomic E-state index is 12.9. The van der Waals surface area contributed by atoms with Crippen molar-refractivity contribution in [1.29, 1.82) is 0 Å². The molecule has 2 N–H and O–H groups in total. The molecule has 0 aliphatic carbocycles. The van der Waals surface area contributed by atoms with Crippen molar-refractivity contribution >= 4 is 27.1 Å². The molecule has 1 heterocycles. The molecule has 3 atom stereocenters. The lowest BCUT2D eigenvalue weighted by atomic mass is 10.0. The van der Waals surface area contributed by atoms with Gasteiger partial charge >= 0.3 is 0 Å². The minimum absolute atomic E-state index is 0.144. The Kier molecular flexibility index (Phi) is 6.43. The monoisotopic (exact) mass is 428 g/mol. The van der Waals surface area contributed by atoms with Crippen LogP contribution in [-0.4, -0.2) is 43.0 Å². The van der Waals surface area contributed by atoms with Crippen LogP contribution in [0.2, 0.25) is 0 Å². The van der Waals surface area contributed by atoms with E-state index in [1.165, 1.54) is 19.1 Å². The Balaban J connectivity index is 1.72. The minimum Gasteiger partial charge on any atom is -0.393 e. The highest BCUT2D eigenvalue weighted by atomic mass is 32.2. The minimum atomic E-state index is -3.72. The van der Waals surface area contributed by atoms with E-state index in [9.17, 15) is 18.3 Å². The van der Waals surface area contributed by atoms with E-state index in [1.807, 2.05) is 39.0 Å². The predicted octanol–water partition coefficient (Wildman–Crippen LogP) is 2.91. The van der Waals surface area contributed by atoms with Crippen LogP contribution in [0, 0.1) is 19.8 Å². The second kappa shape index (κ2) is 8.70. The number of carbonyl (C=O) groups excluding carboxylic acids is 1. The van der Waals surface area contributed by atoms with Gasteiger partial charge in [0.05, 0.1) is 34.4 Å². The van der Waals surface area contributed by atoms with Crippen molar-refractivity contribution < 1.29 is 18.3 Å². The largest absolute Gasteiger partial charge is 0.393 e. The van der Waals surface area contributed by atoms with E-state index in [0.717, 1.165) is 28.1 Å². The zero-order chi connectivity index (χ0) is 22.1. The van der Waals surface area contributed by atoms with E-state index in [-0.39, 0.29) is 10.9 Å². The third-order valence-corrected chi connectivity index (χ3v) is 7.35. The van der Waals surface area contributed by atoms with Crippen LogP contribution in [0.1, 0.15) is 30.5 Å². The van der Waals surface area contributed by atoms with Crippen LogP contribution < -0.4 is 5.32 Å². The number of aliphatic hydroxyl groups excluding tert-OH is 1. The number of aryl methyl sites for hydroxylation is 2. The fourth-order valence-corrected chi connectivity index (χ4v) is 5.21. The van der Waals surface area contributed by atoms with Crippen LogP contribution in [0.15, 0.2) is 52.4 Å². The van der Waals surface area contributed by atoms with Crippen LogP contribution in [0.3, 0.4) is 0 Å². The quantitative estimate of drug-likeness (QED) is 0.709. The summed E-state index contributed by atoms with van der Waals surface area (Å²) < 4.78 is 25.6. The topological polar surface area (TPSA) is 95.8 Å². The van der Waals surface area contributed by atoms with Gasteiger partial charge in [-0.05, 0) is 57.0 Å². The molecule has 0 spiro atoms. The van der Waals surface area contributed by atoms with Crippen LogP contribution in [-0.2, 0) is 21.1 Å². The Bertz CT molecular complexity index is 1070. The number of hydrogen-bond acceptors (Lipinski definition) is 5. The van der Waals surface area contributed by atoms with Gasteiger partial charge in [0.25, 0.3) is 0 Å². The molecule has 2 aromatic carbocycles. The number of carbonyl (C=O) groups is 1. The molecule has 2 aromatic rings. The smallest absolute Gasteiger partial charge is 0.227 e. The first kappa shape index (κ1) is 22.2. The van der Waals surface area contributed by atoms with Gasteiger partial charge in [0.2, 0.25) is 5.91 Å². The second-order valence-corrected chi connectivity index (χ2v) is 10.1. The van der Waals surface area contributed by atoms with Crippen molar-refractivity contribution in [2.24, 2.45) is 10.9 Å². The van der Waals surface area contributed by atoms with E-state index in [2.05, 4.69) is 10.3 Å². The van der Waals surface area contributed by atoms with Gasteiger partial charge in [0, 0.05) is 12.1 Å². The average molecular weight is 429 g/mol. The van der Waals surface area contributed by atoms with Crippen LogP contribution in [0.4, 0.5) is 5.69 Å². The van der Waals surface area contributed by atoms with E-state index < -0.39 is 33.5 Å². The summed E-state index contributed by atoms with van der Waals surface area (Å²) in [4.78, 5) is 17.6. The summed E-state index contributed by atoms with van der Waals surface area (Å²) in [7, 11) is -3.72. The number of rotatable bonds is 7. The number of hydrogen-bond donors (Lipinski definition) is 2. The number of fused-ring (bicyclic) bond motifs is 1. The van der Waals surface area contributed by atoms with Gasteiger partial charge in [-0.15, -0.1) is 0 Å². The number of aliphatic hydroxyl groups is 1. The number of amides is 1. The zero-order valence-corrected chi connectivity index (χ0v) is 18.5. The van der Waals surface area contributed by atoms with Gasteiger partial charge in [-0.2, -0.15) is 0 Å². The maximum Gasteiger partial charge on any atom is 0.227 e. The fraction of sp³-hybridized carbons (Fsp3) is 0.391. The lowest BCUT2D eigenvalue weighted by Gasteiger charge is -2.22. The third kappa shape index (κ3) is 4.79. The third-order valence-electron chi connectivity index (χ3n) is 5.56. The summed E-state index contributed by atoms with van der Waals surface area (Å²) in [5.74, 6) is -2.04. The molecule has 1 aliphatic rings. The Morgan fingerprint density at radius 3 is 2.40 bits per heavy atom. The van der Waals surface area contributed by atoms with Gasteiger partial charge in [-0.25, -0.2) is 8.42 Å². The summed E-state index contributed by atoms with van der Waals surface area (Å²) in [5, 5.41) is 13.0. The highest BCUT2D eigenvalue weighted by Crippen LogP contribution is 2.30. The maximum absolute atomic E-state index is 12.9. The average Bonchev–Trinajstić information content (AvgIpc) is 3.12. The number of aliphatic imine (C=N–C) groups is 1. The first-order valence-electron chi connectivity index (χ1n) is 10.0. The molecule has 0 bridgehead atoms. The Hall–Kier alpha value is -2.51. The molecule has 160 valence electrons. The predicted molar refractivity (Wildman–Crippen MR) is 118 cm³/mol. The molecule has 0 radical (unpaired) electrons. The molecule has 0 saturated heterocycles. The van der Waals surface area contributed by atoms with Crippen LogP contribution in [0.5, 0.6) is 0 Å². The molecule has 30 heavy (non-hydrogen) atoms. The Morgan fingerprint density at radius 1 is 1.13 bits per heavy atom. The highest BCUT2D eigenvalue weighted by Gasteiger charge is 2.32. The molecule has 7 heteroatoms. The van der Waals surface area contributed by atoms with Gasteiger partial charge in [-0.1, -0.05) is 29.8 Å². The summed E-state index contributed by atoms with van der Waals surface area (Å²) in [6.45, 7) is 7.16. The molecule has 3 rings (SSSR count). The zero-order valence-electron chi connectivity index (χ0n) is 17.7. The summed E-state index contributed by atoms with van der Waals surface area (Å²) >= 11 is 0. The summed E-state index contributed by atoms with van der Waals surface area (Å²) in [5.41, 5.74) is 4.96. The van der Waals surface area contributed by atoms with Crippen molar-refractivity contribution in [3.63, 3.8) is 0 Å². The summed E-state index contributed by atoms with van der Waals surface area (Å²) in [6.07, 6.45) is -0.466. The van der Waals surface area contributed by atoms with E-state index >= 15 is 0 Å². The SMILES string of the molecule is Cc1ccc(S(=O)(=O)CC(C(=O)N[C@@H](C)C2=Nc3cccc(C)c3C2)[C@@H](C)O)cc1. The van der Waals surface area contributed by atoms with Crippen molar-refractivity contribution in [3.05, 3.63) is 59.2 Å². The van der Waals surface area contributed by atoms with Crippen LogP contribution >= 0.6 is 0 Å². The van der Waals surface area contributed by atoms with E-state index in [4.69, 9.17) is 0 Å². The van der Waals surface area contributed by atoms with Gasteiger partial charge in [0.15, 0.2) is 9.84 Å². The van der Waals surface area contributed by atoms with Gasteiger partial charge < -0.3 is 10.4 Å². The standard InChI is InChI=1S/C23H28N2O4S/c1-14-8-10-18(11-9-14)30(28,29)13-20(17(4)26)23(27)24-16(3)22-12-19-15(2)6-5-7-21(19)25-22/h5-11,16-17,20,26H,12-13H2,1-4H3,(H,24,27)/t16-,17+,20?/m0/s1. The highest BCUT2D eigenvalue weighted by molar-refractivity contribution is 7.91. The molecular weight excluding hydrogens is 400 g/mol. The molecular formula is C23H28N2O4S. The van der Waals surface area contributed by atoms with Gasteiger partial charge in [-0.3, -0.25) is 9.79 Å². The molecule has 1 unspecified atom stereocenters. The lowest BCUT2D eigenvalue weighted by Crippen LogP contribution is -2.46. The normalized spacial score (nSPS) is 16.4.